The van der Waals surface area contributed by atoms with Crippen LogP contribution in [-0.4, -0.2) is 5.78 Å². The van der Waals surface area contributed by atoms with Crippen LogP contribution in [0.2, 0.25) is 0 Å². The van der Waals surface area contributed by atoms with Crippen molar-refractivity contribution in [1.29, 1.82) is 0 Å². The zero-order chi connectivity index (χ0) is 16.4. The SMILES string of the molecule is O=C1CCC(c2ccc(Oc3ccccc3)cc2)c2ccccc21. The third-order valence-electron chi connectivity index (χ3n) is 4.56. The lowest BCUT2D eigenvalue weighted by atomic mass is 9.78. The number of benzene rings is 3. The molecule has 2 heteroatoms. The van der Waals surface area contributed by atoms with Crippen LogP contribution >= 0.6 is 0 Å². The van der Waals surface area contributed by atoms with Gasteiger partial charge in [-0.05, 0) is 41.8 Å². The van der Waals surface area contributed by atoms with Gasteiger partial charge in [0.25, 0.3) is 0 Å². The van der Waals surface area contributed by atoms with E-state index >= 15 is 0 Å². The molecular formula is C22H18O2. The van der Waals surface area contributed by atoms with E-state index in [9.17, 15) is 4.79 Å². The van der Waals surface area contributed by atoms with Crippen LogP contribution in [-0.2, 0) is 0 Å². The summed E-state index contributed by atoms with van der Waals surface area (Å²) in [6.45, 7) is 0. The highest BCUT2D eigenvalue weighted by atomic mass is 16.5. The molecule has 0 heterocycles. The van der Waals surface area contributed by atoms with Crippen molar-refractivity contribution >= 4 is 5.78 Å². The molecule has 24 heavy (non-hydrogen) atoms. The number of para-hydroxylation sites is 1. The van der Waals surface area contributed by atoms with E-state index in [1.165, 1.54) is 5.56 Å². The predicted octanol–water partition coefficient (Wildman–Crippen LogP) is 5.59. The van der Waals surface area contributed by atoms with Gasteiger partial charge in [0, 0.05) is 17.9 Å². The quantitative estimate of drug-likeness (QED) is 0.630. The third-order valence-corrected chi connectivity index (χ3v) is 4.56. The molecule has 0 fully saturated rings. The van der Waals surface area contributed by atoms with Crippen LogP contribution in [0.4, 0.5) is 0 Å². The first-order chi connectivity index (χ1) is 11.8. The monoisotopic (exact) mass is 314 g/mol. The van der Waals surface area contributed by atoms with E-state index in [0.29, 0.717) is 6.42 Å². The summed E-state index contributed by atoms with van der Waals surface area (Å²) in [5, 5.41) is 0. The van der Waals surface area contributed by atoms with Gasteiger partial charge in [-0.1, -0.05) is 54.6 Å². The largest absolute Gasteiger partial charge is 0.457 e. The van der Waals surface area contributed by atoms with Crippen molar-refractivity contribution in [2.24, 2.45) is 0 Å². The van der Waals surface area contributed by atoms with Crippen molar-refractivity contribution in [2.45, 2.75) is 18.8 Å². The molecule has 0 saturated heterocycles. The highest BCUT2D eigenvalue weighted by Gasteiger charge is 2.26. The molecule has 1 aliphatic carbocycles. The molecule has 0 bridgehead atoms. The minimum absolute atomic E-state index is 0.255. The van der Waals surface area contributed by atoms with Gasteiger partial charge in [0.1, 0.15) is 11.5 Å². The number of hydrogen-bond acceptors (Lipinski definition) is 2. The van der Waals surface area contributed by atoms with Gasteiger partial charge in [-0.2, -0.15) is 0 Å². The average molecular weight is 314 g/mol. The zero-order valence-corrected chi connectivity index (χ0v) is 13.3. The zero-order valence-electron chi connectivity index (χ0n) is 13.3. The Kier molecular flexibility index (Phi) is 3.87. The van der Waals surface area contributed by atoms with Crippen LogP contribution in [0.5, 0.6) is 11.5 Å². The lowest BCUT2D eigenvalue weighted by molar-refractivity contribution is 0.0969. The number of Topliss-reactive ketones (excluding diaryl/α,β-unsaturated/α-hetero) is 1. The van der Waals surface area contributed by atoms with Crippen molar-refractivity contribution in [1.82, 2.24) is 0 Å². The van der Waals surface area contributed by atoms with E-state index in [1.807, 2.05) is 60.7 Å². The maximum Gasteiger partial charge on any atom is 0.163 e. The smallest absolute Gasteiger partial charge is 0.163 e. The van der Waals surface area contributed by atoms with Gasteiger partial charge < -0.3 is 4.74 Å². The van der Waals surface area contributed by atoms with Gasteiger partial charge >= 0.3 is 0 Å². The van der Waals surface area contributed by atoms with Crippen LogP contribution in [0, 0.1) is 0 Å². The van der Waals surface area contributed by atoms with E-state index in [1.54, 1.807) is 0 Å². The molecule has 0 saturated carbocycles. The normalized spacial score (nSPS) is 16.5. The summed E-state index contributed by atoms with van der Waals surface area (Å²) in [5.74, 6) is 2.19. The highest BCUT2D eigenvalue weighted by Crippen LogP contribution is 2.37. The van der Waals surface area contributed by atoms with Crippen LogP contribution < -0.4 is 4.74 Å². The second-order valence-corrected chi connectivity index (χ2v) is 6.09. The fourth-order valence-electron chi connectivity index (χ4n) is 3.36. The third kappa shape index (κ3) is 2.83. The number of carbonyl (C=O) groups excluding carboxylic acids is 1. The Morgan fingerprint density at radius 2 is 1.42 bits per heavy atom. The van der Waals surface area contributed by atoms with Crippen molar-refractivity contribution < 1.29 is 9.53 Å². The maximum atomic E-state index is 12.1. The molecule has 118 valence electrons. The van der Waals surface area contributed by atoms with Crippen molar-refractivity contribution in [3.05, 3.63) is 95.6 Å². The standard InChI is InChI=1S/C22H18O2/c23-22-15-14-19(20-8-4-5-9-21(20)22)16-10-12-18(13-11-16)24-17-6-2-1-3-7-17/h1-13,19H,14-15H2. The average Bonchev–Trinajstić information content (AvgIpc) is 2.64. The first-order valence-corrected chi connectivity index (χ1v) is 8.26. The van der Waals surface area contributed by atoms with E-state index < -0.39 is 0 Å². The molecule has 0 N–H and O–H groups in total. The maximum absolute atomic E-state index is 12.1. The second kappa shape index (κ2) is 6.32. The van der Waals surface area contributed by atoms with Gasteiger partial charge in [-0.15, -0.1) is 0 Å². The molecule has 1 unspecified atom stereocenters. The van der Waals surface area contributed by atoms with Crippen molar-refractivity contribution in [2.75, 3.05) is 0 Å². The molecular weight excluding hydrogens is 296 g/mol. The van der Waals surface area contributed by atoms with Crippen LogP contribution in [0.1, 0.15) is 40.2 Å². The molecule has 0 spiro atoms. The van der Waals surface area contributed by atoms with Gasteiger partial charge in [0.2, 0.25) is 0 Å². The van der Waals surface area contributed by atoms with E-state index in [0.717, 1.165) is 29.0 Å². The fraction of sp³-hybridized carbons (Fsp3) is 0.136. The summed E-state index contributed by atoms with van der Waals surface area (Å²) in [6.07, 6.45) is 1.48. The highest BCUT2D eigenvalue weighted by molar-refractivity contribution is 5.99. The molecule has 4 rings (SSSR count). The fourth-order valence-corrected chi connectivity index (χ4v) is 3.36. The Bertz CT molecular complexity index is 851. The minimum atomic E-state index is 0.255. The minimum Gasteiger partial charge on any atom is -0.457 e. The molecule has 3 aromatic carbocycles. The van der Waals surface area contributed by atoms with Crippen LogP contribution in [0.3, 0.4) is 0 Å². The van der Waals surface area contributed by atoms with Crippen molar-refractivity contribution in [3.63, 3.8) is 0 Å². The Morgan fingerprint density at radius 3 is 2.21 bits per heavy atom. The molecule has 0 amide bonds. The Labute approximate surface area is 141 Å². The number of hydrogen-bond donors (Lipinski definition) is 0. The summed E-state index contributed by atoms with van der Waals surface area (Å²) in [4.78, 5) is 12.1. The van der Waals surface area contributed by atoms with E-state index in [-0.39, 0.29) is 11.7 Å². The first kappa shape index (κ1) is 14.7. The number of fused-ring (bicyclic) bond motifs is 1. The molecule has 0 radical (unpaired) electrons. The van der Waals surface area contributed by atoms with Crippen LogP contribution in [0.15, 0.2) is 78.9 Å². The summed E-state index contributed by atoms with van der Waals surface area (Å²) in [6, 6.07) is 26.0. The molecule has 0 aliphatic heterocycles. The Balaban J connectivity index is 1.60. The van der Waals surface area contributed by atoms with Gasteiger partial charge in [-0.25, -0.2) is 0 Å². The summed E-state index contributed by atoms with van der Waals surface area (Å²) in [5.41, 5.74) is 3.25. The lowest BCUT2D eigenvalue weighted by Crippen LogP contribution is -2.16. The van der Waals surface area contributed by atoms with Gasteiger partial charge in [0.15, 0.2) is 5.78 Å². The molecule has 3 aromatic rings. The molecule has 2 nitrogen and oxygen atoms in total. The molecule has 1 atom stereocenters. The van der Waals surface area contributed by atoms with E-state index in [4.69, 9.17) is 4.74 Å². The predicted molar refractivity (Wildman–Crippen MR) is 94.8 cm³/mol. The number of carbonyl (C=O) groups is 1. The Hall–Kier alpha value is -2.87. The Morgan fingerprint density at radius 1 is 0.750 bits per heavy atom. The van der Waals surface area contributed by atoms with Crippen molar-refractivity contribution in [3.8, 4) is 11.5 Å². The molecule has 1 aliphatic rings. The first-order valence-electron chi connectivity index (χ1n) is 8.26. The van der Waals surface area contributed by atoms with E-state index in [2.05, 4.69) is 18.2 Å². The number of ether oxygens (including phenoxy) is 1. The summed E-state index contributed by atoms with van der Waals surface area (Å²) in [7, 11) is 0. The number of ketones is 1. The topological polar surface area (TPSA) is 26.3 Å². The second-order valence-electron chi connectivity index (χ2n) is 6.09. The van der Waals surface area contributed by atoms with Gasteiger partial charge in [-0.3, -0.25) is 4.79 Å². The van der Waals surface area contributed by atoms with Gasteiger partial charge in [0.05, 0.1) is 0 Å². The summed E-state index contributed by atoms with van der Waals surface area (Å²) < 4.78 is 5.85. The number of rotatable bonds is 3. The van der Waals surface area contributed by atoms with Crippen LogP contribution in [0.25, 0.3) is 0 Å². The lowest BCUT2D eigenvalue weighted by Gasteiger charge is -2.25. The molecule has 0 aromatic heterocycles. The summed E-state index contributed by atoms with van der Waals surface area (Å²) >= 11 is 0.